The Labute approximate surface area is 231 Å². The van der Waals surface area contributed by atoms with Crippen LogP contribution in [0.1, 0.15) is 37.9 Å². The normalized spacial score (nSPS) is 18.9. The van der Waals surface area contributed by atoms with Gasteiger partial charge in [-0.05, 0) is 26.0 Å². The van der Waals surface area contributed by atoms with Crippen molar-refractivity contribution >= 4 is 35.0 Å². The fourth-order valence-corrected chi connectivity index (χ4v) is 6.54. The van der Waals surface area contributed by atoms with Gasteiger partial charge in [-0.1, -0.05) is 29.4 Å². The molecule has 3 aromatic heterocycles. The molecule has 38 heavy (non-hydrogen) atoms. The first-order valence-corrected chi connectivity index (χ1v) is 14.1. The number of ether oxygens (including phenoxy) is 1. The van der Waals surface area contributed by atoms with Gasteiger partial charge in [0.1, 0.15) is 22.1 Å². The smallest absolute Gasteiger partial charge is 0.217 e. The van der Waals surface area contributed by atoms with Gasteiger partial charge in [-0.3, -0.25) is 0 Å². The number of aromatic nitrogens is 4. The van der Waals surface area contributed by atoms with E-state index >= 15 is 0 Å². The second-order valence-electron chi connectivity index (χ2n) is 10.9. The molecule has 6 heterocycles. The summed E-state index contributed by atoms with van der Waals surface area (Å²) in [7, 11) is 0. The molecule has 0 amide bonds. The second kappa shape index (κ2) is 9.82. The molecule has 0 unspecified atom stereocenters. The van der Waals surface area contributed by atoms with E-state index < -0.39 is 5.60 Å². The molecule has 2 N–H and O–H groups in total. The molecular formula is C27H31ClN6O3S. The van der Waals surface area contributed by atoms with Gasteiger partial charge in [0.2, 0.25) is 5.88 Å². The fraction of sp³-hybridized carbons (Fsp3) is 0.481. The first kappa shape index (κ1) is 25.6. The molecule has 9 nitrogen and oxygen atoms in total. The van der Waals surface area contributed by atoms with E-state index in [1.165, 1.54) is 17.3 Å². The van der Waals surface area contributed by atoms with Gasteiger partial charge in [0.25, 0.3) is 0 Å². The van der Waals surface area contributed by atoms with Crippen molar-refractivity contribution in [2.24, 2.45) is 5.92 Å². The topological polar surface area (TPSA) is 108 Å². The van der Waals surface area contributed by atoms with Crippen LogP contribution in [0.25, 0.3) is 0 Å². The Hall–Kier alpha value is -2.66. The first-order valence-electron chi connectivity index (χ1n) is 12.9. The van der Waals surface area contributed by atoms with Crippen LogP contribution in [0, 0.1) is 5.92 Å². The van der Waals surface area contributed by atoms with Crippen molar-refractivity contribution in [3.05, 3.63) is 53.1 Å². The second-order valence-corrected chi connectivity index (χ2v) is 12.3. The summed E-state index contributed by atoms with van der Waals surface area (Å²) in [5.74, 6) is 2.35. The van der Waals surface area contributed by atoms with Crippen molar-refractivity contribution < 1.29 is 14.9 Å². The number of fused-ring (bicyclic) bond motifs is 1. The van der Waals surface area contributed by atoms with E-state index in [1.54, 1.807) is 18.6 Å². The first-order chi connectivity index (χ1) is 18.2. The van der Waals surface area contributed by atoms with Crippen molar-refractivity contribution in [1.29, 1.82) is 0 Å². The van der Waals surface area contributed by atoms with E-state index in [9.17, 15) is 10.2 Å². The molecule has 6 rings (SSSR count). The van der Waals surface area contributed by atoms with Crippen LogP contribution in [0.5, 0.6) is 5.88 Å². The lowest BCUT2D eigenvalue weighted by molar-refractivity contribution is 0.00437. The Morgan fingerprint density at radius 2 is 1.89 bits per heavy atom. The van der Waals surface area contributed by atoms with Gasteiger partial charge in [0, 0.05) is 74.2 Å². The van der Waals surface area contributed by atoms with Gasteiger partial charge in [-0.15, -0.1) is 0 Å². The zero-order chi connectivity index (χ0) is 26.5. The Balaban J connectivity index is 1.13. The van der Waals surface area contributed by atoms with Crippen molar-refractivity contribution in [2.75, 3.05) is 36.0 Å². The third kappa shape index (κ3) is 4.79. The van der Waals surface area contributed by atoms with E-state index in [0.717, 1.165) is 43.1 Å². The number of aliphatic hydroxyl groups excluding tert-OH is 1. The summed E-state index contributed by atoms with van der Waals surface area (Å²) < 4.78 is 6.27. The van der Waals surface area contributed by atoms with Crippen molar-refractivity contribution in [3.63, 3.8) is 0 Å². The minimum absolute atomic E-state index is 0.180. The van der Waals surface area contributed by atoms with E-state index in [1.807, 2.05) is 26.0 Å². The van der Waals surface area contributed by atoms with Crippen LogP contribution in [-0.4, -0.2) is 67.5 Å². The summed E-state index contributed by atoms with van der Waals surface area (Å²) in [4.78, 5) is 23.4. The number of nitrogens with zero attached hydrogens (tertiary/aromatic N) is 6. The van der Waals surface area contributed by atoms with Crippen LogP contribution in [-0.2, 0) is 13.0 Å². The maximum Gasteiger partial charge on any atom is 0.217 e. The summed E-state index contributed by atoms with van der Waals surface area (Å²) in [5.41, 5.74) is 0.774. The molecule has 3 aliphatic rings. The maximum absolute atomic E-state index is 10.2. The van der Waals surface area contributed by atoms with Gasteiger partial charge >= 0.3 is 0 Å². The summed E-state index contributed by atoms with van der Waals surface area (Å²) >= 11 is 8.14. The molecule has 1 spiro atoms. The monoisotopic (exact) mass is 554 g/mol. The zero-order valence-electron chi connectivity index (χ0n) is 21.5. The van der Waals surface area contributed by atoms with Crippen LogP contribution in [0.15, 0.2) is 46.7 Å². The fourth-order valence-electron chi connectivity index (χ4n) is 5.39. The molecule has 0 aromatic carbocycles. The van der Waals surface area contributed by atoms with Crippen LogP contribution in [0.2, 0.25) is 5.02 Å². The molecule has 3 aliphatic heterocycles. The lowest BCUT2D eigenvalue weighted by Crippen LogP contribution is -2.56. The number of halogens is 1. The SMILES string of the molecule is CC(C)(O)C1CN(c2nccc(Sc3cnc(N4CCC5(CC4)Cc4cccnc4O5)c(CO)n3)c2Cl)C1. The predicted molar refractivity (Wildman–Crippen MR) is 146 cm³/mol. The Morgan fingerprint density at radius 1 is 1.11 bits per heavy atom. The number of pyridine rings is 2. The summed E-state index contributed by atoms with van der Waals surface area (Å²) in [6, 6.07) is 5.90. The van der Waals surface area contributed by atoms with E-state index in [2.05, 4.69) is 25.8 Å². The molecule has 3 aromatic rings. The minimum atomic E-state index is -0.728. The Kier molecular flexibility index (Phi) is 6.62. The number of hydrogen-bond acceptors (Lipinski definition) is 10. The number of piperidine rings is 1. The standard InChI is InChI=1S/C27H31ClN6O3S/c1-26(2,36)18-14-34(15-18)24-22(28)20(5-9-29-24)38-21-13-31-23(19(16-35)32-21)33-10-6-27(7-11-33)12-17-4-3-8-30-25(17)37-27/h3-5,8-9,13,18,35-36H,6-7,10-12,14-16H2,1-2H3. The highest BCUT2D eigenvalue weighted by atomic mass is 35.5. The average Bonchev–Trinajstić information content (AvgIpc) is 3.22. The van der Waals surface area contributed by atoms with Crippen LogP contribution >= 0.6 is 23.4 Å². The molecule has 0 radical (unpaired) electrons. The van der Waals surface area contributed by atoms with Crippen molar-refractivity contribution in [3.8, 4) is 5.88 Å². The average molecular weight is 555 g/mol. The van der Waals surface area contributed by atoms with Gasteiger partial charge < -0.3 is 24.7 Å². The third-order valence-electron chi connectivity index (χ3n) is 7.83. The molecule has 2 fully saturated rings. The summed E-state index contributed by atoms with van der Waals surface area (Å²) in [6.07, 6.45) is 7.83. The molecule has 0 saturated carbocycles. The molecule has 0 atom stereocenters. The molecule has 0 bridgehead atoms. The highest BCUT2D eigenvalue weighted by Crippen LogP contribution is 2.42. The van der Waals surface area contributed by atoms with Crippen molar-refractivity contribution in [1.82, 2.24) is 19.9 Å². The van der Waals surface area contributed by atoms with Crippen LogP contribution < -0.4 is 14.5 Å². The van der Waals surface area contributed by atoms with E-state index in [0.29, 0.717) is 40.5 Å². The van der Waals surface area contributed by atoms with E-state index in [-0.39, 0.29) is 18.1 Å². The van der Waals surface area contributed by atoms with Crippen LogP contribution in [0.3, 0.4) is 0 Å². The van der Waals surface area contributed by atoms with Gasteiger partial charge in [-0.2, -0.15) is 0 Å². The minimum Gasteiger partial charge on any atom is -0.470 e. The summed E-state index contributed by atoms with van der Waals surface area (Å²) in [6.45, 7) is 6.41. The zero-order valence-corrected chi connectivity index (χ0v) is 23.0. The highest BCUT2D eigenvalue weighted by molar-refractivity contribution is 7.99. The molecule has 200 valence electrons. The quantitative estimate of drug-likeness (QED) is 0.468. The maximum atomic E-state index is 10.2. The summed E-state index contributed by atoms with van der Waals surface area (Å²) in [5, 5.41) is 21.6. The predicted octanol–water partition coefficient (Wildman–Crippen LogP) is 3.74. The van der Waals surface area contributed by atoms with E-state index in [4.69, 9.17) is 26.3 Å². The van der Waals surface area contributed by atoms with Gasteiger partial charge in [-0.25, -0.2) is 19.9 Å². The molecular weight excluding hydrogens is 524 g/mol. The van der Waals surface area contributed by atoms with Crippen LogP contribution in [0.4, 0.5) is 11.6 Å². The van der Waals surface area contributed by atoms with Crippen molar-refractivity contribution in [2.45, 2.75) is 60.8 Å². The number of anilines is 2. The number of aliphatic hydroxyl groups is 2. The number of rotatable bonds is 6. The van der Waals surface area contributed by atoms with Gasteiger partial charge in [0.15, 0.2) is 5.82 Å². The largest absolute Gasteiger partial charge is 0.470 e. The molecule has 2 saturated heterocycles. The molecule has 11 heteroatoms. The number of hydrogen-bond donors (Lipinski definition) is 2. The lowest BCUT2D eigenvalue weighted by atomic mass is 9.84. The van der Waals surface area contributed by atoms with Gasteiger partial charge in [0.05, 0.1) is 23.4 Å². The Bertz CT molecular complexity index is 1310. The lowest BCUT2D eigenvalue weighted by Gasteiger charge is -2.46. The molecule has 0 aliphatic carbocycles. The Morgan fingerprint density at radius 3 is 2.61 bits per heavy atom. The third-order valence-corrected chi connectivity index (χ3v) is 9.28. The highest BCUT2D eigenvalue weighted by Gasteiger charge is 2.43.